The lowest BCUT2D eigenvalue weighted by atomic mass is 10.1. The van der Waals surface area contributed by atoms with Gasteiger partial charge in [0, 0.05) is 29.5 Å². The summed E-state index contributed by atoms with van der Waals surface area (Å²) in [4.78, 5) is 10.4. The van der Waals surface area contributed by atoms with Crippen LogP contribution in [-0.4, -0.2) is 60.7 Å². The number of halogens is 3. The summed E-state index contributed by atoms with van der Waals surface area (Å²) in [5, 5.41) is 4.14. The first-order valence-corrected chi connectivity index (χ1v) is 11.4. The molecule has 3 heterocycles. The van der Waals surface area contributed by atoms with Crippen molar-refractivity contribution in [2.75, 3.05) is 32.2 Å². The quantitative estimate of drug-likeness (QED) is 0.331. The highest BCUT2D eigenvalue weighted by atomic mass is 32.2. The lowest BCUT2D eigenvalue weighted by Crippen LogP contribution is -2.16. The van der Waals surface area contributed by atoms with Crippen LogP contribution in [0.5, 0.6) is 17.5 Å². The highest BCUT2D eigenvalue weighted by Gasteiger charge is 2.27. The Bertz CT molecular complexity index is 1420. The van der Waals surface area contributed by atoms with E-state index in [-0.39, 0.29) is 51.2 Å². The van der Waals surface area contributed by atoms with Crippen LogP contribution in [0.4, 0.5) is 19.1 Å². The number of benzene rings is 1. The van der Waals surface area contributed by atoms with Gasteiger partial charge in [0.1, 0.15) is 18.2 Å². The monoisotopic (exact) mass is 512 g/mol. The van der Waals surface area contributed by atoms with Crippen LogP contribution in [0.3, 0.4) is 0 Å². The molecule has 0 amide bonds. The van der Waals surface area contributed by atoms with Crippen LogP contribution < -0.4 is 18.9 Å². The second kappa shape index (κ2) is 9.69. The van der Waals surface area contributed by atoms with Gasteiger partial charge in [0.25, 0.3) is 28.2 Å². The number of hydrogen-bond donors (Lipinski definition) is 2. The number of rotatable bonds is 10. The summed E-state index contributed by atoms with van der Waals surface area (Å²) in [6.45, 7) is -1.12. The molecule has 0 atom stereocenters. The number of hydrogen-bond acceptors (Lipinski definition) is 8. The molecule has 15 heteroatoms. The standard InChI is InChI=1S/C20H19F3N6O5S/c1-32-18-16(34-9-6-21)19(33-2)27-20(26-18)28-35(30,31)13-10-24-14-11(13)4-5-12(17(22)23)15(14)29-8-3-7-25-29/h3-5,7-8,10,17,24H,6,9H2,1-2H3,(H,26,27,28). The fourth-order valence-corrected chi connectivity index (χ4v) is 4.51. The fraction of sp³-hybridized carbons (Fsp3) is 0.250. The minimum Gasteiger partial charge on any atom is -0.481 e. The molecule has 0 aliphatic heterocycles. The normalized spacial score (nSPS) is 11.7. The maximum Gasteiger partial charge on any atom is 0.266 e. The van der Waals surface area contributed by atoms with Crippen molar-refractivity contribution in [3.8, 4) is 23.2 Å². The van der Waals surface area contributed by atoms with Gasteiger partial charge in [-0.05, 0) is 6.07 Å². The van der Waals surface area contributed by atoms with Crippen molar-refractivity contribution in [2.45, 2.75) is 11.3 Å². The first kappa shape index (κ1) is 24.1. The molecule has 3 aromatic heterocycles. The SMILES string of the molecule is COc1nc(NS(=O)(=O)c2c[nH]c3c(-n4cccn4)c(C(F)F)ccc23)nc(OC)c1OCCF. The smallest absolute Gasteiger partial charge is 0.266 e. The van der Waals surface area contributed by atoms with Crippen molar-refractivity contribution in [3.63, 3.8) is 0 Å². The molecule has 4 aromatic rings. The number of anilines is 1. The summed E-state index contributed by atoms with van der Waals surface area (Å²) >= 11 is 0. The van der Waals surface area contributed by atoms with Gasteiger partial charge in [-0.2, -0.15) is 15.1 Å². The van der Waals surface area contributed by atoms with Gasteiger partial charge in [0.15, 0.2) is 0 Å². The molecule has 0 unspecified atom stereocenters. The van der Waals surface area contributed by atoms with E-state index in [1.54, 1.807) is 6.07 Å². The molecular weight excluding hydrogens is 493 g/mol. The number of H-pyrrole nitrogens is 1. The first-order valence-electron chi connectivity index (χ1n) is 9.94. The lowest BCUT2D eigenvalue weighted by Gasteiger charge is -2.14. The highest BCUT2D eigenvalue weighted by molar-refractivity contribution is 7.93. The summed E-state index contributed by atoms with van der Waals surface area (Å²) in [5.74, 6) is -0.905. The molecule has 1 aromatic carbocycles. The molecule has 35 heavy (non-hydrogen) atoms. The van der Waals surface area contributed by atoms with Crippen LogP contribution in [-0.2, 0) is 10.0 Å². The lowest BCUT2D eigenvalue weighted by molar-refractivity contribution is 0.151. The number of ether oxygens (including phenoxy) is 3. The van der Waals surface area contributed by atoms with Crippen LogP contribution in [0.2, 0.25) is 0 Å². The molecule has 0 saturated heterocycles. The molecule has 2 N–H and O–H groups in total. The summed E-state index contributed by atoms with van der Waals surface area (Å²) < 4.78 is 85.1. The number of aromatic amines is 1. The zero-order chi connectivity index (χ0) is 25.2. The van der Waals surface area contributed by atoms with Crippen molar-refractivity contribution < 1.29 is 35.8 Å². The number of fused-ring (bicyclic) bond motifs is 1. The van der Waals surface area contributed by atoms with E-state index in [2.05, 4.69) is 24.8 Å². The van der Waals surface area contributed by atoms with Crippen LogP contribution in [0.15, 0.2) is 41.7 Å². The largest absolute Gasteiger partial charge is 0.481 e. The third-order valence-electron chi connectivity index (χ3n) is 4.82. The second-order valence-corrected chi connectivity index (χ2v) is 8.52. The minimum atomic E-state index is -4.33. The predicted octanol–water partition coefficient (Wildman–Crippen LogP) is 3.25. The Hall–Kier alpha value is -4.01. The Morgan fingerprint density at radius 2 is 1.89 bits per heavy atom. The number of sulfonamides is 1. The van der Waals surface area contributed by atoms with E-state index >= 15 is 0 Å². The molecule has 0 aliphatic carbocycles. The zero-order valence-electron chi connectivity index (χ0n) is 18.3. The Labute approximate surface area is 196 Å². The van der Waals surface area contributed by atoms with Crippen LogP contribution in [0.1, 0.15) is 12.0 Å². The van der Waals surface area contributed by atoms with Crippen LogP contribution >= 0.6 is 0 Å². The maximum absolute atomic E-state index is 13.7. The molecule has 0 spiro atoms. The number of nitrogens with zero attached hydrogens (tertiary/aromatic N) is 4. The predicted molar refractivity (Wildman–Crippen MR) is 118 cm³/mol. The average Bonchev–Trinajstić information content (AvgIpc) is 3.52. The Kier molecular flexibility index (Phi) is 6.68. The van der Waals surface area contributed by atoms with Gasteiger partial charge in [-0.1, -0.05) is 12.1 Å². The molecular formula is C20H19F3N6O5S. The molecule has 0 aliphatic rings. The van der Waals surface area contributed by atoms with Gasteiger partial charge >= 0.3 is 0 Å². The number of aromatic nitrogens is 5. The van der Waals surface area contributed by atoms with Crippen LogP contribution in [0.25, 0.3) is 16.6 Å². The van der Waals surface area contributed by atoms with Gasteiger partial charge in [-0.15, -0.1) is 0 Å². The van der Waals surface area contributed by atoms with E-state index < -0.39 is 29.1 Å². The van der Waals surface area contributed by atoms with Gasteiger partial charge < -0.3 is 19.2 Å². The molecule has 186 valence electrons. The zero-order valence-corrected chi connectivity index (χ0v) is 19.1. The molecule has 0 bridgehead atoms. The fourth-order valence-electron chi connectivity index (χ4n) is 3.39. The third kappa shape index (κ3) is 4.53. The number of methoxy groups -OCH3 is 2. The minimum absolute atomic E-state index is 0.0119. The summed E-state index contributed by atoms with van der Waals surface area (Å²) in [5.41, 5.74) is -0.183. The van der Waals surface area contributed by atoms with Crippen molar-refractivity contribution in [3.05, 3.63) is 42.4 Å². The Morgan fingerprint density at radius 3 is 2.46 bits per heavy atom. The number of nitrogens with one attached hydrogen (secondary N) is 2. The Morgan fingerprint density at radius 1 is 1.17 bits per heavy atom. The van der Waals surface area contributed by atoms with Crippen molar-refractivity contribution in [1.82, 2.24) is 24.7 Å². The number of alkyl halides is 3. The van der Waals surface area contributed by atoms with E-state index in [9.17, 15) is 21.6 Å². The maximum atomic E-state index is 13.7. The van der Waals surface area contributed by atoms with E-state index in [4.69, 9.17) is 14.2 Å². The Balaban J connectivity index is 1.78. The van der Waals surface area contributed by atoms with Crippen LogP contribution in [0, 0.1) is 0 Å². The van der Waals surface area contributed by atoms with Crippen molar-refractivity contribution >= 4 is 26.9 Å². The summed E-state index contributed by atoms with van der Waals surface area (Å²) in [7, 11) is -1.83. The van der Waals surface area contributed by atoms with Gasteiger partial charge in [-0.3, -0.25) is 0 Å². The second-order valence-electron chi connectivity index (χ2n) is 6.87. The molecule has 0 saturated carbocycles. The molecule has 0 radical (unpaired) electrons. The van der Waals surface area contributed by atoms with E-state index in [1.165, 1.54) is 37.4 Å². The topological polar surface area (TPSA) is 133 Å². The molecule has 4 rings (SSSR count). The van der Waals surface area contributed by atoms with Crippen molar-refractivity contribution in [1.29, 1.82) is 0 Å². The average molecular weight is 512 g/mol. The third-order valence-corrected chi connectivity index (χ3v) is 6.19. The summed E-state index contributed by atoms with van der Waals surface area (Å²) in [6, 6.07) is 3.95. The van der Waals surface area contributed by atoms with Gasteiger partial charge in [-0.25, -0.2) is 31.0 Å². The molecule has 0 fully saturated rings. The summed E-state index contributed by atoms with van der Waals surface area (Å²) in [6.07, 6.45) is 1.21. The van der Waals surface area contributed by atoms with Crippen molar-refractivity contribution in [2.24, 2.45) is 0 Å². The van der Waals surface area contributed by atoms with E-state index in [0.717, 1.165) is 12.3 Å². The van der Waals surface area contributed by atoms with Gasteiger partial charge in [0.2, 0.25) is 11.7 Å². The molecule has 11 nitrogen and oxygen atoms in total. The van der Waals surface area contributed by atoms with E-state index in [0.29, 0.717) is 0 Å². The van der Waals surface area contributed by atoms with Gasteiger partial charge in [0.05, 0.1) is 25.4 Å². The van der Waals surface area contributed by atoms with E-state index in [1.807, 2.05) is 0 Å². The first-order chi connectivity index (χ1) is 16.8. The highest BCUT2D eigenvalue weighted by Crippen LogP contribution is 2.37.